The molecule has 1 aromatic heterocycles. The SMILES string of the molecule is CNc1ncc(S(=O)(=O)N2CCCC2(C)C)cn1. The highest BCUT2D eigenvalue weighted by atomic mass is 32.2. The molecule has 1 aliphatic rings. The minimum absolute atomic E-state index is 0.150. The van der Waals surface area contributed by atoms with Gasteiger partial charge in [0, 0.05) is 19.1 Å². The second kappa shape index (κ2) is 4.47. The van der Waals surface area contributed by atoms with Gasteiger partial charge in [0.1, 0.15) is 4.90 Å². The summed E-state index contributed by atoms with van der Waals surface area (Å²) in [7, 11) is -1.80. The molecule has 1 aromatic rings. The predicted molar refractivity (Wildman–Crippen MR) is 68.8 cm³/mol. The van der Waals surface area contributed by atoms with E-state index in [-0.39, 0.29) is 10.4 Å². The molecule has 7 heteroatoms. The number of sulfonamides is 1. The smallest absolute Gasteiger partial charge is 0.246 e. The highest BCUT2D eigenvalue weighted by Gasteiger charge is 2.41. The van der Waals surface area contributed by atoms with Crippen LogP contribution in [0.15, 0.2) is 17.3 Å². The average molecular weight is 270 g/mol. The first-order valence-electron chi connectivity index (χ1n) is 5.90. The van der Waals surface area contributed by atoms with E-state index in [2.05, 4.69) is 15.3 Å². The van der Waals surface area contributed by atoms with Crippen molar-refractivity contribution in [3.8, 4) is 0 Å². The van der Waals surface area contributed by atoms with Gasteiger partial charge in [0.2, 0.25) is 16.0 Å². The third kappa shape index (κ3) is 2.20. The van der Waals surface area contributed by atoms with Crippen molar-refractivity contribution >= 4 is 16.0 Å². The van der Waals surface area contributed by atoms with Gasteiger partial charge in [0.25, 0.3) is 0 Å². The van der Waals surface area contributed by atoms with Crippen molar-refractivity contribution in [3.05, 3.63) is 12.4 Å². The van der Waals surface area contributed by atoms with E-state index in [0.717, 1.165) is 12.8 Å². The van der Waals surface area contributed by atoms with Crippen LogP contribution in [0.25, 0.3) is 0 Å². The molecule has 18 heavy (non-hydrogen) atoms. The van der Waals surface area contributed by atoms with Crippen LogP contribution in [0.4, 0.5) is 5.95 Å². The molecule has 1 saturated heterocycles. The second-order valence-corrected chi connectivity index (χ2v) is 6.85. The van der Waals surface area contributed by atoms with E-state index in [0.29, 0.717) is 12.5 Å². The van der Waals surface area contributed by atoms with E-state index in [1.807, 2.05) is 13.8 Å². The summed E-state index contributed by atoms with van der Waals surface area (Å²) in [4.78, 5) is 8.06. The summed E-state index contributed by atoms with van der Waals surface area (Å²) < 4.78 is 26.5. The lowest BCUT2D eigenvalue weighted by Gasteiger charge is -2.30. The number of hydrogen-bond donors (Lipinski definition) is 1. The Balaban J connectivity index is 2.36. The third-order valence-electron chi connectivity index (χ3n) is 3.26. The molecule has 0 bridgehead atoms. The van der Waals surface area contributed by atoms with E-state index in [1.165, 1.54) is 16.7 Å². The van der Waals surface area contributed by atoms with Gasteiger partial charge in [0.05, 0.1) is 12.4 Å². The number of hydrogen-bond acceptors (Lipinski definition) is 5. The fourth-order valence-electron chi connectivity index (χ4n) is 2.23. The van der Waals surface area contributed by atoms with Crippen molar-refractivity contribution < 1.29 is 8.42 Å². The van der Waals surface area contributed by atoms with Gasteiger partial charge in [-0.15, -0.1) is 0 Å². The van der Waals surface area contributed by atoms with E-state index in [4.69, 9.17) is 0 Å². The second-order valence-electron chi connectivity index (χ2n) is 4.99. The van der Waals surface area contributed by atoms with Crippen LogP contribution in [0, 0.1) is 0 Å². The monoisotopic (exact) mass is 270 g/mol. The molecule has 0 unspecified atom stereocenters. The molecule has 0 aromatic carbocycles. The van der Waals surface area contributed by atoms with Crippen LogP contribution in [0.2, 0.25) is 0 Å². The van der Waals surface area contributed by atoms with Crippen molar-refractivity contribution in [2.24, 2.45) is 0 Å². The number of nitrogens with one attached hydrogen (secondary N) is 1. The Morgan fingerprint density at radius 3 is 2.39 bits per heavy atom. The maximum atomic E-state index is 12.5. The Hall–Kier alpha value is -1.21. The van der Waals surface area contributed by atoms with Gasteiger partial charge < -0.3 is 5.32 Å². The topological polar surface area (TPSA) is 75.2 Å². The molecule has 0 atom stereocenters. The fraction of sp³-hybridized carbons (Fsp3) is 0.636. The molecule has 1 N–H and O–H groups in total. The van der Waals surface area contributed by atoms with Crippen LogP contribution in [0.3, 0.4) is 0 Å². The van der Waals surface area contributed by atoms with Crippen LogP contribution in [-0.4, -0.2) is 41.8 Å². The van der Waals surface area contributed by atoms with Crippen LogP contribution in [-0.2, 0) is 10.0 Å². The standard InChI is InChI=1S/C11H18N4O2S/c1-11(2)5-4-6-15(11)18(16,17)9-7-13-10(12-3)14-8-9/h7-8H,4-6H2,1-3H3,(H,12,13,14). The summed E-state index contributed by atoms with van der Waals surface area (Å²) in [5.41, 5.74) is -0.333. The molecule has 0 saturated carbocycles. The molecule has 1 aliphatic heterocycles. The zero-order chi connectivity index (χ0) is 13.4. The summed E-state index contributed by atoms with van der Waals surface area (Å²) in [6, 6.07) is 0. The Morgan fingerprint density at radius 1 is 1.33 bits per heavy atom. The minimum atomic E-state index is -3.49. The van der Waals surface area contributed by atoms with Gasteiger partial charge in [0.15, 0.2) is 0 Å². The lowest BCUT2D eigenvalue weighted by molar-refractivity contribution is 0.291. The molecular formula is C11H18N4O2S. The number of rotatable bonds is 3. The molecule has 2 heterocycles. The van der Waals surface area contributed by atoms with Gasteiger partial charge in [-0.1, -0.05) is 0 Å². The molecular weight excluding hydrogens is 252 g/mol. The van der Waals surface area contributed by atoms with Gasteiger partial charge in [-0.25, -0.2) is 18.4 Å². The quantitative estimate of drug-likeness (QED) is 0.889. The fourth-order valence-corrected chi connectivity index (χ4v) is 3.97. The number of nitrogens with zero attached hydrogens (tertiary/aromatic N) is 3. The molecule has 2 rings (SSSR count). The van der Waals surface area contributed by atoms with Gasteiger partial charge in [-0.05, 0) is 26.7 Å². The van der Waals surface area contributed by atoms with Crippen molar-refractivity contribution in [1.29, 1.82) is 0 Å². The van der Waals surface area contributed by atoms with Gasteiger partial charge in [-0.2, -0.15) is 4.31 Å². The highest BCUT2D eigenvalue weighted by Crippen LogP contribution is 2.33. The average Bonchev–Trinajstić information content (AvgIpc) is 2.69. The van der Waals surface area contributed by atoms with E-state index in [1.54, 1.807) is 7.05 Å². The molecule has 0 aliphatic carbocycles. The maximum Gasteiger partial charge on any atom is 0.246 e. The Kier molecular flexibility index (Phi) is 3.29. The molecule has 0 radical (unpaired) electrons. The summed E-state index contributed by atoms with van der Waals surface area (Å²) >= 11 is 0. The largest absolute Gasteiger partial charge is 0.357 e. The third-order valence-corrected chi connectivity index (χ3v) is 5.33. The first kappa shape index (κ1) is 13.2. The summed E-state index contributed by atoms with van der Waals surface area (Å²) in [5.74, 6) is 0.412. The van der Waals surface area contributed by atoms with Crippen LogP contribution >= 0.6 is 0 Å². The van der Waals surface area contributed by atoms with Crippen molar-refractivity contribution in [1.82, 2.24) is 14.3 Å². The van der Waals surface area contributed by atoms with E-state index in [9.17, 15) is 8.42 Å². The van der Waals surface area contributed by atoms with Crippen LogP contribution in [0.1, 0.15) is 26.7 Å². The molecule has 1 fully saturated rings. The normalized spacial score (nSPS) is 19.9. The summed E-state index contributed by atoms with van der Waals surface area (Å²) in [6.07, 6.45) is 4.47. The Morgan fingerprint density at radius 2 is 1.94 bits per heavy atom. The van der Waals surface area contributed by atoms with Crippen molar-refractivity contribution in [2.75, 3.05) is 18.9 Å². The van der Waals surface area contributed by atoms with Crippen LogP contribution in [0.5, 0.6) is 0 Å². The van der Waals surface area contributed by atoms with Crippen molar-refractivity contribution in [3.63, 3.8) is 0 Å². The van der Waals surface area contributed by atoms with Gasteiger partial charge in [-0.3, -0.25) is 0 Å². The van der Waals surface area contributed by atoms with E-state index >= 15 is 0 Å². The number of aromatic nitrogens is 2. The Bertz CT molecular complexity index is 524. The molecule has 100 valence electrons. The predicted octanol–water partition coefficient (Wildman–Crippen LogP) is 1.08. The first-order chi connectivity index (χ1) is 8.38. The summed E-state index contributed by atoms with van der Waals surface area (Å²) in [6.45, 7) is 4.45. The van der Waals surface area contributed by atoms with Crippen molar-refractivity contribution in [2.45, 2.75) is 37.1 Å². The highest BCUT2D eigenvalue weighted by molar-refractivity contribution is 7.89. The maximum absolute atomic E-state index is 12.5. The lowest BCUT2D eigenvalue weighted by atomic mass is 10.0. The number of anilines is 1. The Labute approximate surface area is 107 Å². The summed E-state index contributed by atoms with van der Waals surface area (Å²) in [5, 5.41) is 2.76. The molecule has 6 nitrogen and oxygen atoms in total. The minimum Gasteiger partial charge on any atom is -0.357 e. The van der Waals surface area contributed by atoms with Gasteiger partial charge >= 0.3 is 0 Å². The first-order valence-corrected chi connectivity index (χ1v) is 7.34. The zero-order valence-corrected chi connectivity index (χ0v) is 11.7. The zero-order valence-electron chi connectivity index (χ0n) is 10.8. The van der Waals surface area contributed by atoms with Crippen LogP contribution < -0.4 is 5.32 Å². The lowest BCUT2D eigenvalue weighted by Crippen LogP contribution is -2.42. The molecule has 0 spiro atoms. The van der Waals surface area contributed by atoms with E-state index < -0.39 is 10.0 Å². The molecule has 0 amide bonds.